The molecule has 3 heteroatoms. The van der Waals surface area contributed by atoms with E-state index in [0.717, 1.165) is 19.6 Å². The van der Waals surface area contributed by atoms with Crippen molar-refractivity contribution in [2.24, 2.45) is 5.41 Å². The zero-order valence-electron chi connectivity index (χ0n) is 8.84. The molecule has 0 radical (unpaired) electrons. The largest absolute Gasteiger partial charge is 0.381 e. The second kappa shape index (κ2) is 5.15. The maximum atomic E-state index is 10.7. The smallest absolute Gasteiger partial charge is 0.243 e. The van der Waals surface area contributed by atoms with Gasteiger partial charge in [-0.05, 0) is 30.8 Å². The van der Waals surface area contributed by atoms with Crippen LogP contribution in [-0.4, -0.2) is 25.7 Å². The van der Waals surface area contributed by atoms with Gasteiger partial charge in [0.15, 0.2) is 0 Å². The van der Waals surface area contributed by atoms with Crippen molar-refractivity contribution < 1.29 is 9.53 Å². The minimum Gasteiger partial charge on any atom is -0.381 e. The molecule has 0 aromatic rings. The lowest BCUT2D eigenvalue weighted by Crippen LogP contribution is -2.23. The standard InChI is InChI=1S/C11H19NO2/c1-3-10(13)12-7-4-8-14-9-11(2)5-6-11/h3H,1,4-9H2,2H3,(H,12,13). The van der Waals surface area contributed by atoms with Gasteiger partial charge in [-0.3, -0.25) is 4.79 Å². The van der Waals surface area contributed by atoms with Crippen molar-refractivity contribution in [1.82, 2.24) is 5.32 Å². The number of amides is 1. The summed E-state index contributed by atoms with van der Waals surface area (Å²) >= 11 is 0. The van der Waals surface area contributed by atoms with E-state index >= 15 is 0 Å². The van der Waals surface area contributed by atoms with E-state index in [1.54, 1.807) is 0 Å². The third-order valence-electron chi connectivity index (χ3n) is 2.50. The number of hydrogen-bond acceptors (Lipinski definition) is 2. The van der Waals surface area contributed by atoms with E-state index in [0.29, 0.717) is 12.0 Å². The van der Waals surface area contributed by atoms with Crippen LogP contribution in [0.15, 0.2) is 12.7 Å². The van der Waals surface area contributed by atoms with E-state index in [1.165, 1.54) is 18.9 Å². The molecule has 0 saturated heterocycles. The normalized spacial score (nSPS) is 17.5. The first-order valence-electron chi connectivity index (χ1n) is 5.14. The van der Waals surface area contributed by atoms with E-state index in [9.17, 15) is 4.79 Å². The molecule has 1 fully saturated rings. The van der Waals surface area contributed by atoms with Crippen LogP contribution in [0.5, 0.6) is 0 Å². The first-order valence-corrected chi connectivity index (χ1v) is 5.14. The second-order valence-electron chi connectivity index (χ2n) is 4.21. The molecule has 14 heavy (non-hydrogen) atoms. The van der Waals surface area contributed by atoms with Gasteiger partial charge in [0.05, 0.1) is 6.61 Å². The molecule has 1 saturated carbocycles. The zero-order valence-corrected chi connectivity index (χ0v) is 8.84. The van der Waals surface area contributed by atoms with Gasteiger partial charge in [-0.1, -0.05) is 13.5 Å². The summed E-state index contributed by atoms with van der Waals surface area (Å²) in [6, 6.07) is 0. The number of ether oxygens (including phenoxy) is 1. The van der Waals surface area contributed by atoms with Crippen molar-refractivity contribution in [3.8, 4) is 0 Å². The van der Waals surface area contributed by atoms with Gasteiger partial charge in [0.1, 0.15) is 0 Å². The zero-order chi connectivity index (χ0) is 10.4. The minimum atomic E-state index is -0.112. The monoisotopic (exact) mass is 197 g/mol. The first kappa shape index (κ1) is 11.2. The predicted molar refractivity (Wildman–Crippen MR) is 56.0 cm³/mol. The molecule has 1 aliphatic rings. The Hall–Kier alpha value is -0.830. The van der Waals surface area contributed by atoms with E-state index in [2.05, 4.69) is 18.8 Å². The molecule has 0 spiro atoms. The van der Waals surface area contributed by atoms with Crippen LogP contribution in [0.2, 0.25) is 0 Å². The van der Waals surface area contributed by atoms with Gasteiger partial charge in [0, 0.05) is 13.2 Å². The SMILES string of the molecule is C=CC(=O)NCCCOCC1(C)CC1. The summed E-state index contributed by atoms with van der Waals surface area (Å²) in [5.41, 5.74) is 0.463. The number of rotatable bonds is 7. The summed E-state index contributed by atoms with van der Waals surface area (Å²) in [5.74, 6) is -0.112. The number of carbonyl (C=O) groups is 1. The molecule has 0 aromatic heterocycles. The molecule has 0 atom stereocenters. The van der Waals surface area contributed by atoms with Crippen molar-refractivity contribution in [3.63, 3.8) is 0 Å². The van der Waals surface area contributed by atoms with Crippen LogP contribution < -0.4 is 5.32 Å². The molecule has 0 aromatic carbocycles. The van der Waals surface area contributed by atoms with Crippen molar-refractivity contribution >= 4 is 5.91 Å². The Morgan fingerprint density at radius 1 is 1.64 bits per heavy atom. The predicted octanol–water partition coefficient (Wildman–Crippen LogP) is 1.50. The lowest BCUT2D eigenvalue weighted by Gasteiger charge is -2.09. The van der Waals surface area contributed by atoms with Crippen LogP contribution in [0.1, 0.15) is 26.2 Å². The van der Waals surface area contributed by atoms with Crippen LogP contribution in [0.4, 0.5) is 0 Å². The van der Waals surface area contributed by atoms with Crippen LogP contribution >= 0.6 is 0 Å². The molecule has 0 heterocycles. The molecule has 0 aliphatic heterocycles. The topological polar surface area (TPSA) is 38.3 Å². The molecule has 1 amide bonds. The quantitative estimate of drug-likeness (QED) is 0.496. The first-order chi connectivity index (χ1) is 6.66. The fraction of sp³-hybridized carbons (Fsp3) is 0.727. The van der Waals surface area contributed by atoms with Gasteiger partial charge in [-0.2, -0.15) is 0 Å². The fourth-order valence-electron chi connectivity index (χ4n) is 1.13. The summed E-state index contributed by atoms with van der Waals surface area (Å²) in [6.07, 6.45) is 4.74. The lowest BCUT2D eigenvalue weighted by atomic mass is 10.2. The van der Waals surface area contributed by atoms with E-state index < -0.39 is 0 Å². The Labute approximate surface area is 85.5 Å². The van der Waals surface area contributed by atoms with Gasteiger partial charge in [-0.25, -0.2) is 0 Å². The maximum Gasteiger partial charge on any atom is 0.243 e. The molecule has 3 nitrogen and oxygen atoms in total. The van der Waals surface area contributed by atoms with Crippen LogP contribution in [0.3, 0.4) is 0 Å². The van der Waals surface area contributed by atoms with Gasteiger partial charge in [-0.15, -0.1) is 0 Å². The number of carbonyl (C=O) groups excluding carboxylic acids is 1. The van der Waals surface area contributed by atoms with Gasteiger partial charge in [0.2, 0.25) is 5.91 Å². The summed E-state index contributed by atoms with van der Waals surface area (Å²) in [7, 11) is 0. The van der Waals surface area contributed by atoms with Gasteiger partial charge >= 0.3 is 0 Å². The third kappa shape index (κ3) is 4.42. The van der Waals surface area contributed by atoms with Crippen molar-refractivity contribution in [3.05, 3.63) is 12.7 Å². The van der Waals surface area contributed by atoms with Gasteiger partial charge < -0.3 is 10.1 Å². The molecule has 1 aliphatic carbocycles. The minimum absolute atomic E-state index is 0.112. The maximum absolute atomic E-state index is 10.7. The Balaban J connectivity index is 1.84. The third-order valence-corrected chi connectivity index (χ3v) is 2.50. The summed E-state index contributed by atoms with van der Waals surface area (Å²) in [4.78, 5) is 10.7. The van der Waals surface area contributed by atoms with Crippen molar-refractivity contribution in [2.75, 3.05) is 19.8 Å². The number of hydrogen-bond donors (Lipinski definition) is 1. The molecule has 0 unspecified atom stereocenters. The Kier molecular flexibility index (Phi) is 4.14. The molecule has 80 valence electrons. The van der Waals surface area contributed by atoms with Gasteiger partial charge in [0.25, 0.3) is 0 Å². The highest BCUT2D eigenvalue weighted by Gasteiger charge is 2.37. The van der Waals surface area contributed by atoms with Crippen LogP contribution in [-0.2, 0) is 9.53 Å². The summed E-state index contributed by atoms with van der Waals surface area (Å²) < 4.78 is 5.50. The Morgan fingerprint density at radius 2 is 2.36 bits per heavy atom. The highest BCUT2D eigenvalue weighted by molar-refractivity contribution is 5.86. The highest BCUT2D eigenvalue weighted by Crippen LogP contribution is 2.44. The Bertz CT molecular complexity index is 209. The van der Waals surface area contributed by atoms with Crippen molar-refractivity contribution in [2.45, 2.75) is 26.2 Å². The fourth-order valence-corrected chi connectivity index (χ4v) is 1.13. The van der Waals surface area contributed by atoms with E-state index in [4.69, 9.17) is 4.74 Å². The molecule has 1 rings (SSSR count). The molecular weight excluding hydrogens is 178 g/mol. The molecule has 1 N–H and O–H groups in total. The summed E-state index contributed by atoms with van der Waals surface area (Å²) in [5, 5.41) is 2.71. The van der Waals surface area contributed by atoms with E-state index in [1.807, 2.05) is 0 Å². The van der Waals surface area contributed by atoms with Crippen LogP contribution in [0.25, 0.3) is 0 Å². The molecule has 0 bridgehead atoms. The van der Waals surface area contributed by atoms with Crippen molar-refractivity contribution in [1.29, 1.82) is 0 Å². The lowest BCUT2D eigenvalue weighted by molar-refractivity contribution is -0.116. The average Bonchev–Trinajstić information content (AvgIpc) is 2.90. The average molecular weight is 197 g/mol. The summed E-state index contributed by atoms with van der Waals surface area (Å²) in [6.45, 7) is 7.88. The van der Waals surface area contributed by atoms with E-state index in [-0.39, 0.29) is 5.91 Å². The number of nitrogens with one attached hydrogen (secondary N) is 1. The van der Waals surface area contributed by atoms with Crippen LogP contribution in [0, 0.1) is 5.41 Å². The highest BCUT2D eigenvalue weighted by atomic mass is 16.5. The Morgan fingerprint density at radius 3 is 2.93 bits per heavy atom. The molecular formula is C11H19NO2. The second-order valence-corrected chi connectivity index (χ2v) is 4.21.